The molecule has 0 bridgehead atoms. The van der Waals surface area contributed by atoms with Crippen molar-refractivity contribution in [1.82, 2.24) is 10.3 Å². The van der Waals surface area contributed by atoms with Crippen LogP contribution in [0.5, 0.6) is 11.6 Å². The first-order chi connectivity index (χ1) is 9.10. The van der Waals surface area contributed by atoms with Crippen molar-refractivity contribution >= 4 is 27.5 Å². The minimum atomic E-state index is 0.420. The average molecular weight is 342 g/mol. The zero-order chi connectivity index (χ0) is 13.8. The lowest BCUT2D eigenvalue weighted by Gasteiger charge is -2.09. The number of hydrogen-bond acceptors (Lipinski definition) is 3. The zero-order valence-electron chi connectivity index (χ0n) is 10.7. The first-order valence-corrected chi connectivity index (χ1v) is 7.00. The summed E-state index contributed by atoms with van der Waals surface area (Å²) in [4.78, 5) is 4.24. The molecular weight excluding hydrogens is 328 g/mol. The highest BCUT2D eigenvalue weighted by molar-refractivity contribution is 9.10. The van der Waals surface area contributed by atoms with Crippen molar-refractivity contribution in [1.29, 1.82) is 0 Å². The molecule has 0 fully saturated rings. The van der Waals surface area contributed by atoms with Crippen LogP contribution in [-0.2, 0) is 6.54 Å². The number of rotatable bonds is 4. The van der Waals surface area contributed by atoms with Gasteiger partial charge in [0.25, 0.3) is 0 Å². The van der Waals surface area contributed by atoms with E-state index in [1.54, 1.807) is 6.20 Å². The maximum absolute atomic E-state index is 6.16. The third kappa shape index (κ3) is 3.69. The Labute approximate surface area is 126 Å². The molecular formula is C14H14BrClN2O. The SMILES string of the molecule is CNCc1cnc(Oc2ccc(Br)c(C)c2)c(Cl)c1. The molecule has 0 radical (unpaired) electrons. The molecule has 1 N–H and O–H groups in total. The monoisotopic (exact) mass is 340 g/mol. The van der Waals surface area contributed by atoms with E-state index in [1.165, 1.54) is 0 Å². The van der Waals surface area contributed by atoms with Gasteiger partial charge in [0.1, 0.15) is 10.8 Å². The molecule has 0 aliphatic rings. The average Bonchev–Trinajstić information content (AvgIpc) is 2.37. The highest BCUT2D eigenvalue weighted by atomic mass is 79.9. The number of aryl methyl sites for hydroxylation is 1. The van der Waals surface area contributed by atoms with E-state index in [0.29, 0.717) is 10.9 Å². The predicted molar refractivity (Wildman–Crippen MR) is 81.0 cm³/mol. The molecule has 19 heavy (non-hydrogen) atoms. The maximum Gasteiger partial charge on any atom is 0.238 e. The summed E-state index contributed by atoms with van der Waals surface area (Å²) in [5.74, 6) is 1.14. The van der Waals surface area contributed by atoms with E-state index in [0.717, 1.165) is 27.9 Å². The minimum absolute atomic E-state index is 0.420. The molecule has 0 saturated carbocycles. The van der Waals surface area contributed by atoms with Gasteiger partial charge in [-0.05, 0) is 49.4 Å². The van der Waals surface area contributed by atoms with Gasteiger partial charge >= 0.3 is 0 Å². The maximum atomic E-state index is 6.16. The molecule has 1 aromatic heterocycles. The van der Waals surface area contributed by atoms with Crippen LogP contribution in [0.25, 0.3) is 0 Å². The molecule has 0 unspecified atom stereocenters. The van der Waals surface area contributed by atoms with Gasteiger partial charge in [0.15, 0.2) is 0 Å². The highest BCUT2D eigenvalue weighted by Gasteiger charge is 2.07. The first-order valence-electron chi connectivity index (χ1n) is 5.83. The van der Waals surface area contributed by atoms with Gasteiger partial charge in [-0.25, -0.2) is 4.98 Å². The van der Waals surface area contributed by atoms with Crippen LogP contribution < -0.4 is 10.1 Å². The van der Waals surface area contributed by atoms with Crippen molar-refractivity contribution in [2.75, 3.05) is 7.05 Å². The van der Waals surface area contributed by atoms with Crippen molar-refractivity contribution in [2.24, 2.45) is 0 Å². The Hall–Kier alpha value is -1.10. The van der Waals surface area contributed by atoms with E-state index in [9.17, 15) is 0 Å². The van der Waals surface area contributed by atoms with E-state index >= 15 is 0 Å². The van der Waals surface area contributed by atoms with Crippen LogP contribution in [0.4, 0.5) is 0 Å². The molecule has 0 aliphatic heterocycles. The van der Waals surface area contributed by atoms with Crippen molar-refractivity contribution < 1.29 is 4.74 Å². The van der Waals surface area contributed by atoms with Gasteiger partial charge in [0.2, 0.25) is 5.88 Å². The van der Waals surface area contributed by atoms with E-state index < -0.39 is 0 Å². The van der Waals surface area contributed by atoms with Crippen LogP contribution in [0.15, 0.2) is 34.9 Å². The van der Waals surface area contributed by atoms with E-state index in [-0.39, 0.29) is 0 Å². The molecule has 1 heterocycles. The van der Waals surface area contributed by atoms with Crippen molar-refractivity contribution in [2.45, 2.75) is 13.5 Å². The Morgan fingerprint density at radius 1 is 1.37 bits per heavy atom. The van der Waals surface area contributed by atoms with E-state index in [1.807, 2.05) is 38.2 Å². The lowest BCUT2D eigenvalue weighted by Crippen LogP contribution is -2.05. The number of aromatic nitrogens is 1. The summed E-state index contributed by atoms with van der Waals surface area (Å²) in [6, 6.07) is 7.60. The Kier molecular flexibility index (Phi) is 4.80. The van der Waals surface area contributed by atoms with Crippen LogP contribution in [-0.4, -0.2) is 12.0 Å². The fourth-order valence-corrected chi connectivity index (χ4v) is 2.11. The van der Waals surface area contributed by atoms with Crippen molar-refractivity contribution in [3.05, 3.63) is 51.1 Å². The first kappa shape index (κ1) is 14.3. The van der Waals surface area contributed by atoms with Gasteiger partial charge in [0, 0.05) is 17.2 Å². The molecule has 0 atom stereocenters. The second-order valence-corrected chi connectivity index (χ2v) is 5.44. The second-order valence-electron chi connectivity index (χ2n) is 4.17. The normalized spacial score (nSPS) is 10.5. The number of benzene rings is 1. The van der Waals surface area contributed by atoms with Crippen LogP contribution in [0.3, 0.4) is 0 Å². The van der Waals surface area contributed by atoms with Crippen LogP contribution in [0.2, 0.25) is 5.02 Å². The Bertz CT molecular complexity index is 590. The van der Waals surface area contributed by atoms with Gasteiger partial charge in [-0.3, -0.25) is 0 Å². The van der Waals surface area contributed by atoms with Crippen LogP contribution in [0, 0.1) is 6.92 Å². The molecule has 1 aromatic carbocycles. The number of pyridine rings is 1. The number of hydrogen-bond donors (Lipinski definition) is 1. The number of nitrogens with one attached hydrogen (secondary N) is 1. The van der Waals surface area contributed by atoms with Crippen LogP contribution in [0.1, 0.15) is 11.1 Å². The van der Waals surface area contributed by atoms with Crippen LogP contribution >= 0.6 is 27.5 Å². The van der Waals surface area contributed by atoms with Gasteiger partial charge in [-0.15, -0.1) is 0 Å². The van der Waals surface area contributed by atoms with E-state index in [2.05, 4.69) is 26.2 Å². The lowest BCUT2D eigenvalue weighted by molar-refractivity contribution is 0.462. The largest absolute Gasteiger partial charge is 0.438 e. The Morgan fingerprint density at radius 3 is 2.79 bits per heavy atom. The molecule has 100 valence electrons. The standard InChI is InChI=1S/C14H14BrClN2O/c1-9-5-11(3-4-12(9)15)19-14-13(16)6-10(7-17-2)8-18-14/h3-6,8,17H,7H2,1-2H3. The smallest absolute Gasteiger partial charge is 0.238 e. The molecule has 3 nitrogen and oxygen atoms in total. The summed E-state index contributed by atoms with van der Waals surface area (Å²) in [5.41, 5.74) is 2.12. The van der Waals surface area contributed by atoms with Gasteiger partial charge in [-0.1, -0.05) is 27.5 Å². The Balaban J connectivity index is 2.20. The third-order valence-corrected chi connectivity index (χ3v) is 3.75. The summed E-state index contributed by atoms with van der Waals surface area (Å²) < 4.78 is 6.74. The quantitative estimate of drug-likeness (QED) is 0.899. The molecule has 5 heteroatoms. The van der Waals surface area contributed by atoms with Gasteiger partial charge in [0.05, 0.1) is 0 Å². The molecule has 2 aromatic rings. The molecule has 0 spiro atoms. The molecule has 0 aliphatic carbocycles. The molecule has 2 rings (SSSR count). The lowest BCUT2D eigenvalue weighted by atomic mass is 10.2. The van der Waals surface area contributed by atoms with Gasteiger partial charge < -0.3 is 10.1 Å². The minimum Gasteiger partial charge on any atom is -0.438 e. The summed E-state index contributed by atoms with van der Waals surface area (Å²) in [7, 11) is 1.88. The second kappa shape index (κ2) is 6.37. The summed E-state index contributed by atoms with van der Waals surface area (Å²) in [6.07, 6.45) is 1.75. The van der Waals surface area contributed by atoms with Crippen molar-refractivity contribution in [3.63, 3.8) is 0 Å². The fourth-order valence-electron chi connectivity index (χ4n) is 1.63. The third-order valence-electron chi connectivity index (χ3n) is 2.59. The van der Waals surface area contributed by atoms with Crippen molar-refractivity contribution in [3.8, 4) is 11.6 Å². The van der Waals surface area contributed by atoms with E-state index in [4.69, 9.17) is 16.3 Å². The zero-order valence-corrected chi connectivity index (χ0v) is 13.0. The summed E-state index contributed by atoms with van der Waals surface area (Å²) in [6.45, 7) is 2.73. The van der Waals surface area contributed by atoms with Gasteiger partial charge in [-0.2, -0.15) is 0 Å². The summed E-state index contributed by atoms with van der Waals surface area (Å²) >= 11 is 9.61. The summed E-state index contributed by atoms with van der Waals surface area (Å²) in [5, 5.41) is 3.56. The highest BCUT2D eigenvalue weighted by Crippen LogP contribution is 2.29. The topological polar surface area (TPSA) is 34.2 Å². The number of ether oxygens (including phenoxy) is 1. The number of nitrogens with zero attached hydrogens (tertiary/aromatic N) is 1. The Morgan fingerprint density at radius 2 is 2.16 bits per heavy atom. The molecule has 0 amide bonds. The predicted octanol–water partition coefficient (Wildman–Crippen LogP) is 4.32. The number of halogens is 2. The molecule has 0 saturated heterocycles. The fraction of sp³-hybridized carbons (Fsp3) is 0.214.